The fourth-order valence-electron chi connectivity index (χ4n) is 2.07. The number of carbonyl (C=O) groups excluding carboxylic acids is 1. The zero-order chi connectivity index (χ0) is 17.2. The smallest absolute Gasteiger partial charge is 0.244 e. The first-order valence-electron chi connectivity index (χ1n) is 7.64. The monoisotopic (exact) mass is 323 g/mol. The Kier molecular flexibility index (Phi) is 6.65. The maximum atomic E-state index is 11.9. The van der Waals surface area contributed by atoms with Gasteiger partial charge in [0.05, 0.1) is 7.11 Å². The van der Waals surface area contributed by atoms with Gasteiger partial charge in [0.2, 0.25) is 5.91 Å². The van der Waals surface area contributed by atoms with Gasteiger partial charge in [0, 0.05) is 12.6 Å². The molecule has 1 amide bonds. The molecule has 0 heterocycles. The van der Waals surface area contributed by atoms with Gasteiger partial charge in [-0.05, 0) is 29.3 Å². The van der Waals surface area contributed by atoms with Gasteiger partial charge in [-0.3, -0.25) is 4.79 Å². The first kappa shape index (κ1) is 17.3. The van der Waals surface area contributed by atoms with E-state index in [0.717, 1.165) is 11.1 Å². The lowest BCUT2D eigenvalue weighted by Gasteiger charge is -2.09. The fourth-order valence-corrected chi connectivity index (χ4v) is 2.07. The zero-order valence-corrected chi connectivity index (χ0v) is 13.7. The van der Waals surface area contributed by atoms with Crippen LogP contribution in [0.2, 0.25) is 0 Å². The van der Waals surface area contributed by atoms with Crippen LogP contribution in [0, 0.1) is 0 Å². The van der Waals surface area contributed by atoms with Crippen LogP contribution in [0.25, 0.3) is 6.08 Å². The van der Waals surface area contributed by atoms with Crippen LogP contribution in [0.15, 0.2) is 67.3 Å². The second-order valence-electron chi connectivity index (χ2n) is 5.05. The van der Waals surface area contributed by atoms with E-state index < -0.39 is 0 Å². The van der Waals surface area contributed by atoms with Crippen LogP contribution >= 0.6 is 0 Å². The third-order valence-electron chi connectivity index (χ3n) is 3.28. The average molecular weight is 323 g/mol. The van der Waals surface area contributed by atoms with Gasteiger partial charge in [-0.1, -0.05) is 49.1 Å². The average Bonchev–Trinajstić information content (AvgIpc) is 2.64. The summed E-state index contributed by atoms with van der Waals surface area (Å²) >= 11 is 0. The fraction of sp³-hybridized carbons (Fsp3) is 0.150. The quantitative estimate of drug-likeness (QED) is 0.596. The Balaban J connectivity index is 1.95. The summed E-state index contributed by atoms with van der Waals surface area (Å²) in [5.41, 5.74) is 1.91. The largest absolute Gasteiger partial charge is 0.493 e. The highest BCUT2D eigenvalue weighted by Gasteiger charge is 2.04. The first-order valence-corrected chi connectivity index (χ1v) is 7.64. The first-order chi connectivity index (χ1) is 11.7. The molecule has 0 bridgehead atoms. The molecule has 0 saturated carbocycles. The van der Waals surface area contributed by atoms with E-state index in [1.165, 1.54) is 6.08 Å². The van der Waals surface area contributed by atoms with Gasteiger partial charge in [-0.15, -0.1) is 0 Å². The van der Waals surface area contributed by atoms with Crippen LogP contribution in [0.5, 0.6) is 11.5 Å². The molecule has 1 N–H and O–H groups in total. The van der Waals surface area contributed by atoms with Crippen molar-refractivity contribution in [3.8, 4) is 11.5 Å². The third kappa shape index (κ3) is 5.32. The number of nitrogens with one attached hydrogen (secondary N) is 1. The van der Waals surface area contributed by atoms with Crippen LogP contribution in [-0.4, -0.2) is 19.6 Å². The lowest BCUT2D eigenvalue weighted by Crippen LogP contribution is -2.20. The van der Waals surface area contributed by atoms with Crippen molar-refractivity contribution in [2.45, 2.75) is 6.54 Å². The summed E-state index contributed by atoms with van der Waals surface area (Å²) in [7, 11) is 1.58. The molecule has 0 atom stereocenters. The molecule has 2 rings (SSSR count). The van der Waals surface area contributed by atoms with Crippen molar-refractivity contribution in [3.05, 3.63) is 78.4 Å². The van der Waals surface area contributed by atoms with Crippen molar-refractivity contribution in [2.75, 3.05) is 13.7 Å². The van der Waals surface area contributed by atoms with Crippen LogP contribution in [0.3, 0.4) is 0 Å². The standard InChI is InChI=1S/C20H21NO3/c1-3-13-24-18-11-9-16(14-19(18)23-2)10-12-20(22)21-15-17-7-5-4-6-8-17/h3-12,14H,1,13,15H2,2H3,(H,21,22)/b12-10+. The maximum absolute atomic E-state index is 11.9. The summed E-state index contributed by atoms with van der Waals surface area (Å²) in [5, 5.41) is 2.84. The number of hydrogen-bond donors (Lipinski definition) is 1. The Morgan fingerprint density at radius 3 is 2.67 bits per heavy atom. The Morgan fingerprint density at radius 1 is 1.17 bits per heavy atom. The number of carbonyl (C=O) groups is 1. The molecule has 4 nitrogen and oxygen atoms in total. The van der Waals surface area contributed by atoms with Crippen LogP contribution in [0.1, 0.15) is 11.1 Å². The zero-order valence-electron chi connectivity index (χ0n) is 13.7. The van der Waals surface area contributed by atoms with Gasteiger partial charge in [0.15, 0.2) is 11.5 Å². The minimum Gasteiger partial charge on any atom is -0.493 e. The molecule has 0 aromatic heterocycles. The summed E-state index contributed by atoms with van der Waals surface area (Å²) in [6.45, 7) is 4.53. The highest BCUT2D eigenvalue weighted by atomic mass is 16.5. The second kappa shape index (κ2) is 9.20. The molecule has 124 valence electrons. The maximum Gasteiger partial charge on any atom is 0.244 e. The molecule has 0 aliphatic carbocycles. The van der Waals surface area contributed by atoms with E-state index in [2.05, 4.69) is 11.9 Å². The van der Waals surface area contributed by atoms with E-state index in [-0.39, 0.29) is 5.91 Å². The molecule has 0 fully saturated rings. The summed E-state index contributed by atoms with van der Waals surface area (Å²) in [5.74, 6) is 1.11. The van der Waals surface area contributed by atoms with Crippen molar-refractivity contribution in [1.82, 2.24) is 5.32 Å². The van der Waals surface area contributed by atoms with Gasteiger partial charge in [-0.2, -0.15) is 0 Å². The normalized spacial score (nSPS) is 10.4. The Hall–Kier alpha value is -3.01. The number of methoxy groups -OCH3 is 1. The van der Waals surface area contributed by atoms with Crippen LogP contribution in [0.4, 0.5) is 0 Å². The molecule has 0 aliphatic heterocycles. The molecular formula is C20H21NO3. The minimum absolute atomic E-state index is 0.148. The molecule has 4 heteroatoms. The summed E-state index contributed by atoms with van der Waals surface area (Å²) in [6, 6.07) is 15.3. The van der Waals surface area contributed by atoms with E-state index in [0.29, 0.717) is 24.7 Å². The highest BCUT2D eigenvalue weighted by Crippen LogP contribution is 2.28. The molecule has 0 saturated heterocycles. The summed E-state index contributed by atoms with van der Waals surface area (Å²) in [6.07, 6.45) is 4.91. The van der Waals surface area contributed by atoms with E-state index in [4.69, 9.17) is 9.47 Å². The number of benzene rings is 2. The van der Waals surface area contributed by atoms with Crippen molar-refractivity contribution in [1.29, 1.82) is 0 Å². The number of ether oxygens (including phenoxy) is 2. The highest BCUT2D eigenvalue weighted by molar-refractivity contribution is 5.91. The molecule has 0 unspecified atom stereocenters. The number of rotatable bonds is 8. The van der Waals surface area contributed by atoms with Crippen molar-refractivity contribution in [3.63, 3.8) is 0 Å². The predicted octanol–water partition coefficient (Wildman–Crippen LogP) is 3.59. The van der Waals surface area contributed by atoms with Gasteiger partial charge in [0.1, 0.15) is 6.61 Å². The van der Waals surface area contributed by atoms with E-state index in [1.54, 1.807) is 19.3 Å². The lowest BCUT2D eigenvalue weighted by molar-refractivity contribution is -0.116. The minimum atomic E-state index is -0.148. The molecule has 24 heavy (non-hydrogen) atoms. The topological polar surface area (TPSA) is 47.6 Å². The molecule has 0 aliphatic rings. The second-order valence-corrected chi connectivity index (χ2v) is 5.05. The summed E-state index contributed by atoms with van der Waals surface area (Å²) in [4.78, 5) is 11.9. The van der Waals surface area contributed by atoms with Crippen molar-refractivity contribution >= 4 is 12.0 Å². The van der Waals surface area contributed by atoms with E-state index in [9.17, 15) is 4.79 Å². The van der Waals surface area contributed by atoms with Gasteiger partial charge >= 0.3 is 0 Å². The van der Waals surface area contributed by atoms with E-state index in [1.807, 2.05) is 48.5 Å². The van der Waals surface area contributed by atoms with Gasteiger partial charge in [-0.25, -0.2) is 0 Å². The predicted molar refractivity (Wildman–Crippen MR) is 96.0 cm³/mol. The Bertz CT molecular complexity index is 708. The molecule has 2 aromatic carbocycles. The Morgan fingerprint density at radius 2 is 1.96 bits per heavy atom. The van der Waals surface area contributed by atoms with Crippen molar-refractivity contribution < 1.29 is 14.3 Å². The van der Waals surface area contributed by atoms with Crippen LogP contribution in [-0.2, 0) is 11.3 Å². The van der Waals surface area contributed by atoms with Crippen molar-refractivity contribution in [2.24, 2.45) is 0 Å². The third-order valence-corrected chi connectivity index (χ3v) is 3.28. The molecule has 0 spiro atoms. The Labute approximate surface area is 142 Å². The van der Waals surface area contributed by atoms with Crippen LogP contribution < -0.4 is 14.8 Å². The van der Waals surface area contributed by atoms with E-state index >= 15 is 0 Å². The van der Waals surface area contributed by atoms with Gasteiger partial charge < -0.3 is 14.8 Å². The molecule has 2 aromatic rings. The molecular weight excluding hydrogens is 302 g/mol. The SMILES string of the molecule is C=CCOc1ccc(/C=C/C(=O)NCc2ccccc2)cc1OC. The summed E-state index contributed by atoms with van der Waals surface area (Å²) < 4.78 is 10.8. The van der Waals surface area contributed by atoms with Gasteiger partial charge in [0.25, 0.3) is 0 Å². The number of hydrogen-bond acceptors (Lipinski definition) is 3. The lowest BCUT2D eigenvalue weighted by atomic mass is 10.2. The molecule has 0 radical (unpaired) electrons. The number of amides is 1.